The molecular weight excluding hydrogens is 580 g/mol. The van der Waals surface area contributed by atoms with Crippen LogP contribution in [0.3, 0.4) is 0 Å². The number of likely N-dealkylation sites (tertiary alicyclic amines) is 1. The van der Waals surface area contributed by atoms with Crippen LogP contribution in [0.5, 0.6) is 5.75 Å². The highest BCUT2D eigenvalue weighted by atomic mass is 16.6. The summed E-state index contributed by atoms with van der Waals surface area (Å²) in [6.07, 6.45) is 4.99. The lowest BCUT2D eigenvalue weighted by Gasteiger charge is -2.35. The minimum absolute atomic E-state index is 0.0218. The van der Waals surface area contributed by atoms with Crippen molar-refractivity contribution in [3.63, 3.8) is 0 Å². The highest BCUT2D eigenvalue weighted by Crippen LogP contribution is 2.46. The minimum atomic E-state index is -1.42. The smallest absolute Gasteiger partial charge is 0.408 e. The monoisotopic (exact) mass is 624 g/mol. The number of carboxylic acid groups (broad SMARTS) is 1. The van der Waals surface area contributed by atoms with E-state index in [1.165, 1.54) is 4.90 Å². The Hall–Kier alpha value is -4.09. The molecule has 2 heterocycles. The Bertz CT molecular complexity index is 1350. The molecule has 4 aliphatic rings. The first-order valence-electron chi connectivity index (χ1n) is 15.8. The van der Waals surface area contributed by atoms with Gasteiger partial charge in [0.1, 0.15) is 35.6 Å². The molecule has 5 atom stereocenters. The average molecular weight is 625 g/mol. The zero-order chi connectivity index (χ0) is 32.4. The van der Waals surface area contributed by atoms with Crippen molar-refractivity contribution >= 4 is 29.6 Å². The SMILES string of the molecule is C=CC[C@@H]1C[C@]1(NC(=O)[C@@H]1C[C@@H](O/N=C2\CCOc3ccccc32)CN1C(=O)[C@@H](NC(=O)OC1CCCC1)C(C)(C)C)C(=O)O. The number of carbonyl (C=O) groups excluding carboxylic acids is 3. The van der Waals surface area contributed by atoms with E-state index in [4.69, 9.17) is 14.3 Å². The summed E-state index contributed by atoms with van der Waals surface area (Å²) >= 11 is 0. The Kier molecular flexibility index (Phi) is 9.41. The molecule has 3 fully saturated rings. The zero-order valence-electron chi connectivity index (χ0n) is 26.3. The van der Waals surface area contributed by atoms with Crippen molar-refractivity contribution in [2.45, 2.75) is 102 Å². The fraction of sp³-hybridized carbons (Fsp3) is 0.606. The molecule has 2 aliphatic heterocycles. The minimum Gasteiger partial charge on any atom is -0.492 e. The molecule has 244 valence electrons. The van der Waals surface area contributed by atoms with Gasteiger partial charge in [0, 0.05) is 18.4 Å². The molecule has 0 radical (unpaired) electrons. The van der Waals surface area contributed by atoms with Gasteiger partial charge in [-0.05, 0) is 62.0 Å². The third kappa shape index (κ3) is 7.10. The number of carbonyl (C=O) groups is 4. The van der Waals surface area contributed by atoms with Crippen LogP contribution in [-0.4, -0.2) is 82.6 Å². The molecule has 3 N–H and O–H groups in total. The standard InChI is InChI=1S/C33H44N4O8/c1-5-10-20-18-33(20,30(40)41)35-28(38)25-17-22(45-36-24-15-16-43-26-14-9-8-13-23(24)26)19-37(25)29(39)27(32(2,3)4)34-31(42)44-21-11-6-7-12-21/h5,8-9,13-14,20-22,25,27H,1,6-7,10-12,15-19H2,2-4H3,(H,34,42)(H,35,38)(H,40,41)/b36-24+/t20-,22-,25+,27-,33-/m1/s1. The summed E-state index contributed by atoms with van der Waals surface area (Å²) < 4.78 is 11.3. The second-order valence-electron chi connectivity index (χ2n) is 13.5. The second-order valence-corrected chi connectivity index (χ2v) is 13.5. The Morgan fingerprint density at radius 2 is 1.93 bits per heavy atom. The zero-order valence-corrected chi connectivity index (χ0v) is 26.3. The Balaban J connectivity index is 1.37. The molecule has 5 rings (SSSR count). The van der Waals surface area contributed by atoms with Crippen molar-refractivity contribution in [3.8, 4) is 5.75 Å². The van der Waals surface area contributed by atoms with E-state index >= 15 is 0 Å². The molecule has 1 aromatic rings. The van der Waals surface area contributed by atoms with Gasteiger partial charge in [-0.2, -0.15) is 0 Å². The number of allylic oxidation sites excluding steroid dienone is 1. The van der Waals surface area contributed by atoms with E-state index in [0.29, 0.717) is 30.9 Å². The fourth-order valence-corrected chi connectivity index (χ4v) is 6.53. The van der Waals surface area contributed by atoms with Crippen molar-refractivity contribution in [2.24, 2.45) is 16.5 Å². The second kappa shape index (κ2) is 13.1. The molecule has 12 heteroatoms. The molecule has 3 amide bonds. The van der Waals surface area contributed by atoms with E-state index in [0.717, 1.165) is 31.2 Å². The fourth-order valence-electron chi connectivity index (χ4n) is 6.53. The number of nitrogens with one attached hydrogen (secondary N) is 2. The number of para-hydroxylation sites is 1. The molecule has 0 aromatic heterocycles. The summed E-state index contributed by atoms with van der Waals surface area (Å²) in [6.45, 7) is 9.63. The molecular formula is C33H44N4O8. The number of fused-ring (bicyclic) bond motifs is 1. The van der Waals surface area contributed by atoms with E-state index < -0.39 is 53.0 Å². The third-order valence-corrected chi connectivity index (χ3v) is 9.19. The van der Waals surface area contributed by atoms with E-state index in [1.807, 2.05) is 45.0 Å². The van der Waals surface area contributed by atoms with Gasteiger partial charge >= 0.3 is 12.1 Å². The Morgan fingerprint density at radius 1 is 1.20 bits per heavy atom. The number of oxime groups is 1. The Morgan fingerprint density at radius 3 is 2.62 bits per heavy atom. The van der Waals surface area contributed by atoms with Gasteiger partial charge in [0.15, 0.2) is 0 Å². The van der Waals surface area contributed by atoms with E-state index in [9.17, 15) is 24.3 Å². The number of hydrogen-bond acceptors (Lipinski definition) is 8. The van der Waals surface area contributed by atoms with Gasteiger partial charge < -0.3 is 35.0 Å². The quantitative estimate of drug-likeness (QED) is 0.262. The molecule has 0 spiro atoms. The number of hydrogen-bond donors (Lipinski definition) is 3. The maximum absolute atomic E-state index is 14.2. The number of benzene rings is 1. The number of nitrogens with zero attached hydrogens (tertiary/aromatic N) is 2. The summed E-state index contributed by atoms with van der Waals surface area (Å²) in [5.74, 6) is -1.78. The summed E-state index contributed by atoms with van der Waals surface area (Å²) in [7, 11) is 0. The van der Waals surface area contributed by atoms with E-state index in [2.05, 4.69) is 22.4 Å². The maximum Gasteiger partial charge on any atom is 0.408 e. The number of amides is 3. The Labute approximate surface area is 263 Å². The molecule has 0 bridgehead atoms. The van der Waals surface area contributed by atoms with Crippen LogP contribution in [0.15, 0.2) is 42.1 Å². The van der Waals surface area contributed by atoms with Crippen LogP contribution in [0, 0.1) is 11.3 Å². The van der Waals surface area contributed by atoms with Gasteiger partial charge in [-0.25, -0.2) is 9.59 Å². The first-order valence-corrected chi connectivity index (χ1v) is 15.8. The van der Waals surface area contributed by atoms with Crippen molar-refractivity contribution in [2.75, 3.05) is 13.2 Å². The van der Waals surface area contributed by atoms with Gasteiger partial charge in [-0.3, -0.25) is 9.59 Å². The van der Waals surface area contributed by atoms with Crippen LogP contribution in [0.2, 0.25) is 0 Å². The van der Waals surface area contributed by atoms with Crippen molar-refractivity contribution in [1.29, 1.82) is 0 Å². The topological polar surface area (TPSA) is 156 Å². The number of aliphatic carboxylic acids is 1. The van der Waals surface area contributed by atoms with Gasteiger partial charge in [0.25, 0.3) is 0 Å². The summed E-state index contributed by atoms with van der Waals surface area (Å²) in [5.41, 5.74) is -0.641. The number of alkyl carbamates (subject to hydrolysis) is 1. The summed E-state index contributed by atoms with van der Waals surface area (Å²) in [5, 5.41) is 19.9. The molecule has 45 heavy (non-hydrogen) atoms. The molecule has 0 unspecified atom stereocenters. The predicted molar refractivity (Wildman–Crippen MR) is 165 cm³/mol. The molecule has 1 aromatic carbocycles. The summed E-state index contributed by atoms with van der Waals surface area (Å²) in [6, 6.07) is 5.45. The molecule has 2 saturated carbocycles. The lowest BCUT2D eigenvalue weighted by Crippen LogP contribution is -2.59. The molecule has 12 nitrogen and oxygen atoms in total. The van der Waals surface area contributed by atoms with Crippen LogP contribution in [0.4, 0.5) is 4.79 Å². The maximum atomic E-state index is 14.2. The van der Waals surface area contributed by atoms with Crippen LogP contribution >= 0.6 is 0 Å². The number of ether oxygens (including phenoxy) is 2. The van der Waals surface area contributed by atoms with Crippen molar-refractivity contribution in [1.82, 2.24) is 15.5 Å². The lowest BCUT2D eigenvalue weighted by molar-refractivity contribution is -0.146. The average Bonchev–Trinajstić information content (AvgIpc) is 3.30. The van der Waals surface area contributed by atoms with Gasteiger partial charge in [0.05, 0.1) is 18.9 Å². The normalized spacial score (nSPS) is 27.6. The van der Waals surface area contributed by atoms with E-state index in [1.54, 1.807) is 6.08 Å². The van der Waals surface area contributed by atoms with E-state index in [-0.39, 0.29) is 31.4 Å². The largest absolute Gasteiger partial charge is 0.492 e. The van der Waals surface area contributed by atoms with Crippen molar-refractivity contribution < 1.29 is 38.6 Å². The van der Waals surface area contributed by atoms with Crippen LogP contribution in [0.25, 0.3) is 0 Å². The predicted octanol–water partition coefficient (Wildman–Crippen LogP) is 3.78. The van der Waals surface area contributed by atoms with Crippen LogP contribution in [-0.2, 0) is 24.0 Å². The number of carboxylic acids is 1. The molecule has 2 aliphatic carbocycles. The highest BCUT2D eigenvalue weighted by molar-refractivity contribution is 6.03. The van der Waals surface area contributed by atoms with Gasteiger partial charge in [-0.1, -0.05) is 44.1 Å². The number of rotatable bonds is 10. The summed E-state index contributed by atoms with van der Waals surface area (Å²) in [4.78, 5) is 60.5. The third-order valence-electron chi connectivity index (χ3n) is 9.19. The van der Waals surface area contributed by atoms with Crippen LogP contribution < -0.4 is 15.4 Å². The first-order chi connectivity index (χ1) is 21.4. The molecule has 1 saturated heterocycles. The van der Waals surface area contributed by atoms with Gasteiger partial charge in [0.2, 0.25) is 11.8 Å². The first kappa shape index (κ1) is 32.3. The van der Waals surface area contributed by atoms with Crippen molar-refractivity contribution in [3.05, 3.63) is 42.5 Å². The lowest BCUT2D eigenvalue weighted by atomic mass is 9.85. The van der Waals surface area contributed by atoms with Crippen LogP contribution in [0.1, 0.15) is 77.7 Å². The van der Waals surface area contributed by atoms with Gasteiger partial charge in [-0.15, -0.1) is 6.58 Å². The highest BCUT2D eigenvalue weighted by Gasteiger charge is 2.62.